The summed E-state index contributed by atoms with van der Waals surface area (Å²) >= 11 is 11.8. The monoisotopic (exact) mass is 455 g/mol. The summed E-state index contributed by atoms with van der Waals surface area (Å²) in [7, 11) is 0. The molecular weight excluding hydrogens is 441 g/mol. The van der Waals surface area contributed by atoms with E-state index in [0.29, 0.717) is 43.6 Å². The molecule has 0 bridgehead atoms. The third-order valence-electron chi connectivity index (χ3n) is 4.35. The maximum atomic E-state index is 12.7. The molecule has 0 radical (unpaired) electrons. The van der Waals surface area contributed by atoms with Gasteiger partial charge in [0.15, 0.2) is 11.4 Å². The Labute approximate surface area is 186 Å². The van der Waals surface area contributed by atoms with Gasteiger partial charge in [-0.05, 0) is 54.6 Å². The topological polar surface area (TPSA) is 122 Å². The highest BCUT2D eigenvalue weighted by Gasteiger charge is 2.16. The molecule has 0 unspecified atom stereocenters. The van der Waals surface area contributed by atoms with Crippen molar-refractivity contribution in [1.82, 2.24) is 5.16 Å². The number of urea groups is 1. The van der Waals surface area contributed by atoms with Gasteiger partial charge in [-0.3, -0.25) is 4.79 Å². The van der Waals surface area contributed by atoms with Crippen molar-refractivity contribution in [2.45, 2.75) is 0 Å². The van der Waals surface area contributed by atoms with E-state index < -0.39 is 6.03 Å². The fourth-order valence-corrected chi connectivity index (χ4v) is 3.21. The van der Waals surface area contributed by atoms with Crippen molar-refractivity contribution in [3.63, 3.8) is 0 Å². The highest BCUT2D eigenvalue weighted by Crippen LogP contribution is 2.26. The largest absolute Gasteiger partial charge is 0.380 e. The van der Waals surface area contributed by atoms with Crippen molar-refractivity contribution in [2.75, 3.05) is 21.7 Å². The summed E-state index contributed by atoms with van der Waals surface area (Å²) in [4.78, 5) is 24.8. The number of rotatable bonds is 4. The number of nitrogen functional groups attached to an aromatic ring is 1. The quantitative estimate of drug-likeness (QED) is 0.318. The number of hydrogen-bond acceptors (Lipinski definition) is 5. The molecule has 4 aromatic rings. The molecule has 4 rings (SSSR count). The zero-order chi connectivity index (χ0) is 22.0. The van der Waals surface area contributed by atoms with Crippen LogP contribution in [0.1, 0.15) is 10.4 Å². The lowest BCUT2D eigenvalue weighted by atomic mass is 10.1. The molecule has 5 N–H and O–H groups in total. The zero-order valence-electron chi connectivity index (χ0n) is 15.8. The van der Waals surface area contributed by atoms with Gasteiger partial charge in [-0.25, -0.2) is 4.79 Å². The first-order chi connectivity index (χ1) is 14.9. The Morgan fingerprint density at radius 2 is 1.48 bits per heavy atom. The van der Waals surface area contributed by atoms with E-state index >= 15 is 0 Å². The van der Waals surface area contributed by atoms with Gasteiger partial charge in [0, 0.05) is 17.1 Å². The molecule has 3 aromatic carbocycles. The van der Waals surface area contributed by atoms with Crippen molar-refractivity contribution in [3.8, 4) is 0 Å². The van der Waals surface area contributed by atoms with Crippen LogP contribution in [0.15, 0.2) is 65.2 Å². The fraction of sp³-hybridized carbons (Fsp3) is 0. The van der Waals surface area contributed by atoms with Gasteiger partial charge < -0.3 is 26.2 Å². The van der Waals surface area contributed by atoms with Crippen LogP contribution in [-0.4, -0.2) is 17.1 Å². The molecule has 0 aliphatic rings. The maximum Gasteiger partial charge on any atom is 0.323 e. The molecule has 156 valence electrons. The lowest BCUT2D eigenvalue weighted by Crippen LogP contribution is -2.19. The number of carbonyl (C=O) groups is 2. The normalized spacial score (nSPS) is 10.6. The molecular formula is C21H15Cl2N5O3. The Hall–Kier alpha value is -3.75. The molecule has 1 heterocycles. The maximum absolute atomic E-state index is 12.7. The molecule has 1 aromatic heterocycles. The average Bonchev–Trinajstić information content (AvgIpc) is 3.13. The highest BCUT2D eigenvalue weighted by molar-refractivity contribution is 6.42. The number of aromatic nitrogens is 1. The first-order valence-corrected chi connectivity index (χ1v) is 9.74. The number of halogens is 2. The molecule has 0 saturated carbocycles. The third kappa shape index (κ3) is 4.55. The number of nitrogens with two attached hydrogens (primary N) is 1. The van der Waals surface area contributed by atoms with E-state index in [0.717, 1.165) is 0 Å². The second kappa shape index (κ2) is 8.55. The summed E-state index contributed by atoms with van der Waals surface area (Å²) in [5.74, 6) is -0.216. The Kier molecular flexibility index (Phi) is 5.66. The van der Waals surface area contributed by atoms with E-state index in [1.54, 1.807) is 60.7 Å². The number of carbonyl (C=O) groups excluding carboxylic acids is 2. The van der Waals surface area contributed by atoms with Crippen LogP contribution in [0.25, 0.3) is 11.0 Å². The second-order valence-corrected chi connectivity index (χ2v) is 7.30. The third-order valence-corrected chi connectivity index (χ3v) is 5.09. The van der Waals surface area contributed by atoms with Crippen molar-refractivity contribution >= 4 is 69.0 Å². The highest BCUT2D eigenvalue weighted by atomic mass is 35.5. The van der Waals surface area contributed by atoms with Gasteiger partial charge in [0.1, 0.15) is 0 Å². The number of nitrogens with one attached hydrogen (secondary N) is 3. The van der Waals surface area contributed by atoms with Crippen LogP contribution in [0.2, 0.25) is 10.0 Å². The first-order valence-electron chi connectivity index (χ1n) is 8.99. The molecule has 3 amide bonds. The van der Waals surface area contributed by atoms with Crippen LogP contribution in [0.4, 0.5) is 27.7 Å². The van der Waals surface area contributed by atoms with Crippen molar-refractivity contribution < 1.29 is 14.1 Å². The van der Waals surface area contributed by atoms with Gasteiger partial charge in [0.2, 0.25) is 0 Å². The minimum absolute atomic E-state index is 0.147. The fourth-order valence-electron chi connectivity index (χ4n) is 2.91. The van der Waals surface area contributed by atoms with Gasteiger partial charge >= 0.3 is 6.03 Å². The van der Waals surface area contributed by atoms with Crippen LogP contribution >= 0.6 is 23.2 Å². The minimum atomic E-state index is -0.454. The molecule has 8 nitrogen and oxygen atoms in total. The van der Waals surface area contributed by atoms with Crippen LogP contribution in [0.5, 0.6) is 0 Å². The number of amides is 3. The summed E-state index contributed by atoms with van der Waals surface area (Å²) in [6, 6.07) is 15.9. The zero-order valence-corrected chi connectivity index (χ0v) is 17.3. The molecule has 10 heteroatoms. The number of nitrogens with zero attached hydrogens (tertiary/aromatic N) is 1. The molecule has 31 heavy (non-hydrogen) atoms. The Morgan fingerprint density at radius 1 is 0.839 bits per heavy atom. The summed E-state index contributed by atoms with van der Waals surface area (Å²) in [6.07, 6.45) is 0. The van der Waals surface area contributed by atoms with Gasteiger partial charge in [0.05, 0.1) is 21.0 Å². The van der Waals surface area contributed by atoms with Crippen molar-refractivity contribution in [3.05, 3.63) is 76.3 Å². The van der Waals surface area contributed by atoms with E-state index in [1.807, 2.05) is 0 Å². The van der Waals surface area contributed by atoms with E-state index in [9.17, 15) is 9.59 Å². The Balaban J connectivity index is 1.41. The van der Waals surface area contributed by atoms with E-state index in [-0.39, 0.29) is 11.7 Å². The smallest absolute Gasteiger partial charge is 0.323 e. The van der Waals surface area contributed by atoms with Crippen LogP contribution in [-0.2, 0) is 0 Å². The van der Waals surface area contributed by atoms with E-state index in [1.165, 1.54) is 0 Å². The summed E-state index contributed by atoms with van der Waals surface area (Å²) in [5.41, 5.74) is 8.14. The molecule has 0 saturated heterocycles. The predicted molar refractivity (Wildman–Crippen MR) is 122 cm³/mol. The summed E-state index contributed by atoms with van der Waals surface area (Å²) in [5, 5.41) is 13.0. The molecule has 0 aliphatic heterocycles. The Bertz CT molecular complexity index is 1290. The van der Waals surface area contributed by atoms with E-state index in [2.05, 4.69) is 21.1 Å². The van der Waals surface area contributed by atoms with Crippen molar-refractivity contribution in [1.29, 1.82) is 0 Å². The number of anilines is 4. The number of hydrogen-bond donors (Lipinski definition) is 4. The SMILES string of the molecule is Nc1noc2cccc(C(=O)Nc3ccc(NC(=O)Nc4ccc(Cl)c(Cl)c4)cc3)c12. The summed E-state index contributed by atoms with van der Waals surface area (Å²) < 4.78 is 5.08. The van der Waals surface area contributed by atoms with Crippen LogP contribution < -0.4 is 21.7 Å². The minimum Gasteiger partial charge on any atom is -0.380 e. The standard InChI is InChI=1S/C21H15Cl2N5O3/c22-15-9-8-13(10-16(15)23)27-21(30)26-12-6-4-11(5-7-12)25-20(29)14-2-1-3-17-18(14)19(24)28-31-17/h1-10H,(H2,24,28)(H,25,29)(H2,26,27,30). The first kappa shape index (κ1) is 20.5. The summed E-state index contributed by atoms with van der Waals surface area (Å²) in [6.45, 7) is 0. The van der Waals surface area contributed by atoms with E-state index in [4.69, 9.17) is 33.5 Å². The average molecular weight is 456 g/mol. The lowest BCUT2D eigenvalue weighted by molar-refractivity contribution is 0.102. The molecule has 0 spiro atoms. The molecule has 0 atom stereocenters. The van der Waals surface area contributed by atoms with Gasteiger partial charge in [-0.15, -0.1) is 0 Å². The Morgan fingerprint density at radius 3 is 2.19 bits per heavy atom. The van der Waals surface area contributed by atoms with Gasteiger partial charge in [-0.1, -0.05) is 34.4 Å². The molecule has 0 fully saturated rings. The van der Waals surface area contributed by atoms with Crippen molar-refractivity contribution in [2.24, 2.45) is 0 Å². The second-order valence-electron chi connectivity index (χ2n) is 6.49. The van der Waals surface area contributed by atoms with Gasteiger partial charge in [-0.2, -0.15) is 0 Å². The predicted octanol–water partition coefficient (Wildman–Crippen LogP) is 5.61. The molecule has 0 aliphatic carbocycles. The number of fused-ring (bicyclic) bond motifs is 1. The lowest BCUT2D eigenvalue weighted by Gasteiger charge is -2.10. The van der Waals surface area contributed by atoms with Gasteiger partial charge in [0.25, 0.3) is 5.91 Å². The van der Waals surface area contributed by atoms with Crippen LogP contribution in [0.3, 0.4) is 0 Å². The number of benzene rings is 3. The van der Waals surface area contributed by atoms with Crippen LogP contribution in [0, 0.1) is 0 Å².